The number of anilines is 2. The number of nitrogens with zero attached hydrogens (tertiary/aromatic N) is 3. The highest BCUT2D eigenvalue weighted by Gasteiger charge is 2.35. The second-order valence-electron chi connectivity index (χ2n) is 10.9. The van der Waals surface area contributed by atoms with E-state index in [2.05, 4.69) is 10.6 Å². The average molecular weight is 707 g/mol. The van der Waals surface area contributed by atoms with Crippen LogP contribution in [0.3, 0.4) is 0 Å². The summed E-state index contributed by atoms with van der Waals surface area (Å²) in [6.45, 7) is 4.05. The Bertz CT molecular complexity index is 2000. The number of hydrogen-bond donors (Lipinski definition) is 2. The second kappa shape index (κ2) is 14.3. The molecule has 240 valence electrons. The third-order valence-electron chi connectivity index (χ3n) is 7.57. The normalized spacial score (nSPS) is 14.0. The number of thioether (sulfide) groups is 1. The lowest BCUT2D eigenvalue weighted by molar-refractivity contribution is -0.113. The Balaban J connectivity index is 1.35. The number of amides is 1. The summed E-state index contributed by atoms with van der Waals surface area (Å²) >= 11 is 20.3. The molecular formula is C35H30Cl3N5O3S. The Morgan fingerprint density at radius 2 is 1.77 bits per heavy atom. The van der Waals surface area contributed by atoms with Crippen molar-refractivity contribution in [3.63, 3.8) is 0 Å². The van der Waals surface area contributed by atoms with Gasteiger partial charge in [-0.1, -0.05) is 89.0 Å². The van der Waals surface area contributed by atoms with Crippen LogP contribution in [-0.4, -0.2) is 27.8 Å². The van der Waals surface area contributed by atoms with Crippen LogP contribution >= 0.6 is 46.6 Å². The SMILES string of the molecule is COc1cc(C2C(C(=O)Nc3cccc(C)c3)=C(C)Nc3nc(SCc4ccccc4Cl)nn32)ccc1OCc1ccc(Cl)cc1Cl. The Morgan fingerprint density at radius 1 is 0.936 bits per heavy atom. The predicted octanol–water partition coefficient (Wildman–Crippen LogP) is 9.35. The van der Waals surface area contributed by atoms with Gasteiger partial charge < -0.3 is 20.1 Å². The van der Waals surface area contributed by atoms with E-state index in [4.69, 9.17) is 54.4 Å². The number of nitrogens with one attached hydrogen (secondary N) is 2. The summed E-state index contributed by atoms with van der Waals surface area (Å²) < 4.78 is 13.6. The summed E-state index contributed by atoms with van der Waals surface area (Å²) in [7, 11) is 1.57. The van der Waals surface area contributed by atoms with Crippen molar-refractivity contribution in [2.75, 3.05) is 17.7 Å². The topological polar surface area (TPSA) is 90.3 Å². The van der Waals surface area contributed by atoms with Gasteiger partial charge in [0.2, 0.25) is 11.1 Å². The maximum absolute atomic E-state index is 14.0. The number of hydrogen-bond acceptors (Lipinski definition) is 7. The molecule has 1 aromatic heterocycles. The molecule has 8 nitrogen and oxygen atoms in total. The fraction of sp³-hybridized carbons (Fsp3) is 0.171. The molecule has 1 aliphatic heterocycles. The van der Waals surface area contributed by atoms with Crippen molar-refractivity contribution in [3.8, 4) is 11.5 Å². The molecule has 4 aromatic carbocycles. The predicted molar refractivity (Wildman–Crippen MR) is 189 cm³/mol. The minimum Gasteiger partial charge on any atom is -0.493 e. The molecule has 0 spiro atoms. The zero-order chi connectivity index (χ0) is 33.1. The van der Waals surface area contributed by atoms with Gasteiger partial charge >= 0.3 is 0 Å². The van der Waals surface area contributed by atoms with E-state index < -0.39 is 6.04 Å². The number of allylic oxidation sites excluding steroid dienone is 1. The summed E-state index contributed by atoms with van der Waals surface area (Å²) in [6, 6.07) is 25.5. The average Bonchev–Trinajstić information content (AvgIpc) is 3.45. The Hall–Kier alpha value is -4.15. The molecule has 0 fully saturated rings. The molecule has 0 aliphatic carbocycles. The van der Waals surface area contributed by atoms with E-state index >= 15 is 0 Å². The fourth-order valence-corrected chi connectivity index (χ4v) is 6.82. The van der Waals surface area contributed by atoms with E-state index in [1.807, 2.05) is 86.6 Å². The van der Waals surface area contributed by atoms with Gasteiger partial charge in [0.25, 0.3) is 5.91 Å². The zero-order valence-electron chi connectivity index (χ0n) is 25.7. The molecule has 1 unspecified atom stereocenters. The van der Waals surface area contributed by atoms with Gasteiger partial charge in [0.1, 0.15) is 12.6 Å². The molecule has 1 aliphatic rings. The van der Waals surface area contributed by atoms with Crippen LogP contribution in [0.4, 0.5) is 11.6 Å². The van der Waals surface area contributed by atoms with E-state index in [0.29, 0.717) is 60.4 Å². The number of fused-ring (bicyclic) bond motifs is 1. The molecule has 1 atom stereocenters. The first kappa shape index (κ1) is 32.8. The Labute approximate surface area is 292 Å². The van der Waals surface area contributed by atoms with Crippen LogP contribution in [-0.2, 0) is 17.2 Å². The molecule has 0 saturated carbocycles. The maximum Gasteiger partial charge on any atom is 0.255 e. The van der Waals surface area contributed by atoms with Crippen LogP contribution in [0.2, 0.25) is 15.1 Å². The van der Waals surface area contributed by atoms with Crippen molar-refractivity contribution in [2.45, 2.75) is 37.4 Å². The summed E-state index contributed by atoms with van der Waals surface area (Å²) in [5.41, 5.74) is 5.37. The fourth-order valence-electron chi connectivity index (χ4n) is 5.24. The van der Waals surface area contributed by atoms with Gasteiger partial charge in [-0.25, -0.2) is 4.68 Å². The van der Waals surface area contributed by atoms with Gasteiger partial charge in [0.05, 0.1) is 12.7 Å². The van der Waals surface area contributed by atoms with Crippen molar-refractivity contribution in [1.82, 2.24) is 14.8 Å². The van der Waals surface area contributed by atoms with E-state index in [9.17, 15) is 4.79 Å². The first-order chi connectivity index (χ1) is 22.7. The second-order valence-corrected chi connectivity index (χ2v) is 13.1. The molecule has 2 N–H and O–H groups in total. The van der Waals surface area contributed by atoms with Gasteiger partial charge in [0.15, 0.2) is 11.5 Å². The first-order valence-electron chi connectivity index (χ1n) is 14.6. The van der Waals surface area contributed by atoms with Gasteiger partial charge in [-0.2, -0.15) is 4.98 Å². The summed E-state index contributed by atoms with van der Waals surface area (Å²) in [4.78, 5) is 18.8. The zero-order valence-corrected chi connectivity index (χ0v) is 28.8. The van der Waals surface area contributed by atoms with Crippen LogP contribution < -0.4 is 20.1 Å². The minimum absolute atomic E-state index is 0.210. The van der Waals surface area contributed by atoms with Crippen molar-refractivity contribution in [2.24, 2.45) is 0 Å². The number of halogens is 3. The molecule has 0 bridgehead atoms. The molecule has 1 amide bonds. The van der Waals surface area contributed by atoms with E-state index in [0.717, 1.165) is 22.3 Å². The number of aryl methyl sites for hydroxylation is 1. The Kier molecular flexibility index (Phi) is 9.98. The summed E-state index contributed by atoms with van der Waals surface area (Å²) in [5, 5.41) is 13.5. The highest BCUT2D eigenvalue weighted by molar-refractivity contribution is 7.98. The van der Waals surface area contributed by atoms with Crippen molar-refractivity contribution < 1.29 is 14.3 Å². The lowest BCUT2D eigenvalue weighted by atomic mass is 9.94. The van der Waals surface area contributed by atoms with E-state index in [-0.39, 0.29) is 12.5 Å². The van der Waals surface area contributed by atoms with Gasteiger partial charge in [-0.3, -0.25) is 4.79 Å². The molecule has 0 saturated heterocycles. The number of ether oxygens (including phenoxy) is 2. The van der Waals surface area contributed by atoms with Gasteiger partial charge in [-0.05, 0) is 73.0 Å². The number of methoxy groups -OCH3 is 1. The van der Waals surface area contributed by atoms with Crippen molar-refractivity contribution >= 4 is 64.1 Å². The van der Waals surface area contributed by atoms with E-state index in [1.165, 1.54) is 11.8 Å². The monoisotopic (exact) mass is 705 g/mol. The molecule has 6 rings (SSSR count). The third kappa shape index (κ3) is 7.39. The van der Waals surface area contributed by atoms with Gasteiger partial charge in [-0.15, -0.1) is 5.10 Å². The highest BCUT2D eigenvalue weighted by Crippen LogP contribution is 2.40. The molecule has 12 heteroatoms. The van der Waals surface area contributed by atoms with Crippen LogP contribution in [0.15, 0.2) is 101 Å². The number of aromatic nitrogens is 3. The molecular weight excluding hydrogens is 677 g/mol. The number of rotatable bonds is 10. The lowest BCUT2D eigenvalue weighted by Gasteiger charge is -2.29. The van der Waals surface area contributed by atoms with Gasteiger partial charge in [0, 0.05) is 37.8 Å². The van der Waals surface area contributed by atoms with Crippen molar-refractivity contribution in [1.29, 1.82) is 0 Å². The number of benzene rings is 4. The minimum atomic E-state index is -0.633. The summed E-state index contributed by atoms with van der Waals surface area (Å²) in [6.07, 6.45) is 0. The van der Waals surface area contributed by atoms with Crippen LogP contribution in [0.25, 0.3) is 0 Å². The Morgan fingerprint density at radius 3 is 2.53 bits per heavy atom. The molecule has 47 heavy (non-hydrogen) atoms. The van der Waals surface area contributed by atoms with Crippen LogP contribution in [0, 0.1) is 6.92 Å². The molecule has 2 heterocycles. The quantitative estimate of drug-likeness (QED) is 0.140. The molecule has 0 radical (unpaired) electrons. The molecule has 5 aromatic rings. The third-order valence-corrected chi connectivity index (χ3v) is 9.41. The standard InChI is InChI=1S/C35H30Cl3N5O3S/c1-20-7-6-9-26(15-20)40-33(44)31-21(2)39-34-41-35(47-19-24-8-4-5-10-27(24)37)42-43(34)32(31)22-12-14-29(30(16-22)45-3)46-18-23-11-13-25(36)17-28(23)38/h4-17,32H,18-19H2,1-3H3,(H,40,44)(H,39,41,42). The first-order valence-corrected chi connectivity index (χ1v) is 16.8. The lowest BCUT2D eigenvalue weighted by Crippen LogP contribution is -2.31. The van der Waals surface area contributed by atoms with Crippen LogP contribution in [0.5, 0.6) is 11.5 Å². The van der Waals surface area contributed by atoms with Crippen molar-refractivity contribution in [3.05, 3.63) is 134 Å². The maximum atomic E-state index is 14.0. The largest absolute Gasteiger partial charge is 0.493 e. The smallest absolute Gasteiger partial charge is 0.255 e. The number of carbonyl (C=O) groups is 1. The number of carbonyl (C=O) groups excluding carboxylic acids is 1. The van der Waals surface area contributed by atoms with E-state index in [1.54, 1.807) is 23.9 Å². The highest BCUT2D eigenvalue weighted by atomic mass is 35.5. The summed E-state index contributed by atoms with van der Waals surface area (Å²) in [5.74, 6) is 1.82. The van der Waals surface area contributed by atoms with Crippen LogP contribution in [0.1, 0.15) is 35.2 Å².